The largest absolute Gasteiger partial charge is 0.360 e. The third-order valence-corrected chi connectivity index (χ3v) is 3.42. The van der Waals surface area contributed by atoms with Crippen LogP contribution in [0, 0.1) is 5.92 Å². The topological polar surface area (TPSA) is 44.6 Å². The normalized spacial score (nSPS) is 35.2. The van der Waals surface area contributed by atoms with E-state index in [1.165, 1.54) is 18.4 Å². The van der Waals surface area contributed by atoms with E-state index < -0.39 is 6.35 Å². The van der Waals surface area contributed by atoms with Crippen LogP contribution in [-0.4, -0.2) is 23.2 Å². The van der Waals surface area contributed by atoms with Crippen molar-refractivity contribution in [2.45, 2.75) is 31.7 Å². The summed E-state index contributed by atoms with van der Waals surface area (Å²) in [4.78, 5) is 4.19. The molecule has 1 saturated carbocycles. The summed E-state index contributed by atoms with van der Waals surface area (Å²) >= 11 is 6.00. The average Bonchev–Trinajstić information content (AvgIpc) is 3.01. The smallest absolute Gasteiger partial charge is 0.202 e. The Hall–Kier alpha value is -0.640. The van der Waals surface area contributed by atoms with E-state index in [2.05, 4.69) is 10.3 Å². The van der Waals surface area contributed by atoms with E-state index in [-0.39, 0.29) is 6.04 Å². The molecular weight excluding hydrogens is 212 g/mol. The van der Waals surface area contributed by atoms with E-state index in [4.69, 9.17) is 11.6 Å². The van der Waals surface area contributed by atoms with E-state index in [0.717, 1.165) is 17.2 Å². The van der Waals surface area contributed by atoms with Gasteiger partial charge in [-0.3, -0.25) is 5.32 Å². The summed E-state index contributed by atoms with van der Waals surface area (Å²) in [6.45, 7) is 0. The molecule has 2 N–H and O–H groups in total. The minimum absolute atomic E-state index is 0.245. The number of aliphatic hydroxyl groups is 1. The van der Waals surface area contributed by atoms with Crippen LogP contribution in [0.5, 0.6) is 0 Å². The van der Waals surface area contributed by atoms with Crippen molar-refractivity contribution in [3.63, 3.8) is 0 Å². The lowest BCUT2D eigenvalue weighted by molar-refractivity contribution is 0.128. The number of nitrogens with one attached hydrogen (secondary N) is 1. The number of nitrogens with zero attached hydrogens (tertiary/aromatic N) is 1. The summed E-state index contributed by atoms with van der Waals surface area (Å²) in [6.07, 6.45) is 6.38. The molecule has 2 atom stereocenters. The van der Waals surface area contributed by atoms with Crippen LogP contribution in [0.2, 0.25) is 0 Å². The molecule has 1 heterocycles. The SMILES string of the molecule is OC1N=C2CC=C(Cl)C=C2C(C2CC2)N1. The van der Waals surface area contributed by atoms with Crippen LogP contribution in [0.25, 0.3) is 0 Å². The summed E-state index contributed by atoms with van der Waals surface area (Å²) in [5, 5.41) is 13.5. The molecule has 0 aromatic rings. The first-order valence-electron chi connectivity index (χ1n) is 5.32. The molecule has 1 aliphatic heterocycles. The molecule has 0 radical (unpaired) electrons. The third-order valence-electron chi connectivity index (χ3n) is 3.15. The van der Waals surface area contributed by atoms with E-state index >= 15 is 0 Å². The first-order valence-corrected chi connectivity index (χ1v) is 5.70. The highest BCUT2D eigenvalue weighted by Crippen LogP contribution is 2.39. The van der Waals surface area contributed by atoms with Gasteiger partial charge < -0.3 is 5.11 Å². The zero-order valence-corrected chi connectivity index (χ0v) is 9.04. The Morgan fingerprint density at radius 3 is 3.00 bits per heavy atom. The first kappa shape index (κ1) is 9.58. The average molecular weight is 225 g/mol. The first-order chi connectivity index (χ1) is 7.24. The summed E-state index contributed by atoms with van der Waals surface area (Å²) in [5.41, 5.74) is 2.16. The number of allylic oxidation sites excluding steroid dienone is 3. The molecule has 0 aromatic heterocycles. The van der Waals surface area contributed by atoms with Crippen LogP contribution in [-0.2, 0) is 0 Å². The summed E-state index contributed by atoms with van der Waals surface area (Å²) in [5.74, 6) is 0.652. The minimum atomic E-state index is -0.743. The molecule has 80 valence electrons. The van der Waals surface area contributed by atoms with E-state index in [9.17, 15) is 5.11 Å². The van der Waals surface area contributed by atoms with Crippen molar-refractivity contribution < 1.29 is 5.11 Å². The number of halogens is 1. The summed E-state index contributed by atoms with van der Waals surface area (Å²) in [6, 6.07) is 0.245. The molecule has 0 bridgehead atoms. The molecule has 0 saturated heterocycles. The van der Waals surface area contributed by atoms with Crippen molar-refractivity contribution in [2.75, 3.05) is 0 Å². The zero-order valence-electron chi connectivity index (χ0n) is 8.28. The number of aliphatic imine (C=N–C) groups is 1. The summed E-state index contributed by atoms with van der Waals surface area (Å²) in [7, 11) is 0. The standard InChI is InChI=1S/C11H13ClN2O/c12-7-3-4-9-8(5-7)10(6-1-2-6)14-11(15)13-9/h3,5-6,10-11,14-15H,1-2,4H2. The highest BCUT2D eigenvalue weighted by atomic mass is 35.5. The van der Waals surface area contributed by atoms with Gasteiger partial charge in [-0.2, -0.15) is 0 Å². The number of aliphatic hydroxyl groups excluding tert-OH is 1. The maximum atomic E-state index is 9.58. The molecule has 15 heavy (non-hydrogen) atoms. The molecule has 4 heteroatoms. The summed E-state index contributed by atoms with van der Waals surface area (Å²) < 4.78 is 0. The fourth-order valence-electron chi connectivity index (χ4n) is 2.25. The van der Waals surface area contributed by atoms with Gasteiger partial charge >= 0.3 is 0 Å². The van der Waals surface area contributed by atoms with Gasteiger partial charge in [0.15, 0.2) is 0 Å². The Morgan fingerprint density at radius 1 is 1.47 bits per heavy atom. The Kier molecular flexibility index (Phi) is 2.20. The molecule has 0 aromatic carbocycles. The number of fused-ring (bicyclic) bond motifs is 1. The molecule has 2 unspecified atom stereocenters. The second kappa shape index (κ2) is 3.44. The van der Waals surface area contributed by atoms with Crippen molar-refractivity contribution in [3.8, 4) is 0 Å². The van der Waals surface area contributed by atoms with Crippen molar-refractivity contribution in [3.05, 3.63) is 22.8 Å². The Balaban J connectivity index is 1.97. The second-order valence-corrected chi connectivity index (χ2v) is 4.76. The number of rotatable bonds is 1. The predicted molar refractivity (Wildman–Crippen MR) is 59.7 cm³/mol. The Morgan fingerprint density at radius 2 is 2.27 bits per heavy atom. The molecule has 0 amide bonds. The van der Waals surface area contributed by atoms with Gasteiger partial charge in [0.05, 0.1) is 0 Å². The van der Waals surface area contributed by atoms with Gasteiger partial charge in [-0.15, -0.1) is 0 Å². The highest BCUT2D eigenvalue weighted by Gasteiger charge is 2.38. The maximum Gasteiger partial charge on any atom is 0.202 e. The van der Waals surface area contributed by atoms with Crippen molar-refractivity contribution in [2.24, 2.45) is 10.9 Å². The fourth-order valence-corrected chi connectivity index (χ4v) is 2.45. The van der Waals surface area contributed by atoms with E-state index in [1.54, 1.807) is 0 Å². The lowest BCUT2D eigenvalue weighted by atomic mass is 9.91. The lowest BCUT2D eigenvalue weighted by Crippen LogP contribution is -2.46. The van der Waals surface area contributed by atoms with Crippen molar-refractivity contribution in [1.82, 2.24) is 5.32 Å². The predicted octanol–water partition coefficient (Wildman–Crippen LogP) is 1.54. The lowest BCUT2D eigenvalue weighted by Gasteiger charge is -2.31. The third kappa shape index (κ3) is 1.75. The van der Waals surface area contributed by atoms with Crippen molar-refractivity contribution >= 4 is 17.3 Å². The van der Waals surface area contributed by atoms with Crippen LogP contribution < -0.4 is 5.32 Å². The zero-order chi connectivity index (χ0) is 10.4. The number of hydrogen-bond donors (Lipinski definition) is 2. The monoisotopic (exact) mass is 224 g/mol. The van der Waals surface area contributed by atoms with Crippen LogP contribution in [0.1, 0.15) is 19.3 Å². The second-order valence-electron chi connectivity index (χ2n) is 4.32. The molecule has 3 aliphatic rings. The quantitative estimate of drug-likeness (QED) is 0.710. The molecular formula is C11H13ClN2O. The molecule has 0 spiro atoms. The Bertz CT molecular complexity index is 382. The minimum Gasteiger partial charge on any atom is -0.360 e. The van der Waals surface area contributed by atoms with Gasteiger partial charge in [0.1, 0.15) is 0 Å². The molecule has 3 rings (SSSR count). The van der Waals surface area contributed by atoms with Crippen molar-refractivity contribution in [1.29, 1.82) is 0 Å². The van der Waals surface area contributed by atoms with Gasteiger partial charge in [0.25, 0.3) is 0 Å². The fraction of sp³-hybridized carbons (Fsp3) is 0.545. The van der Waals surface area contributed by atoms with Crippen LogP contribution >= 0.6 is 11.6 Å². The highest BCUT2D eigenvalue weighted by molar-refractivity contribution is 6.32. The van der Waals surface area contributed by atoms with Gasteiger partial charge in [-0.1, -0.05) is 17.7 Å². The maximum absolute atomic E-state index is 9.58. The molecule has 2 aliphatic carbocycles. The van der Waals surface area contributed by atoms with Gasteiger partial charge in [-0.25, -0.2) is 4.99 Å². The molecule has 1 fully saturated rings. The van der Waals surface area contributed by atoms with Crippen LogP contribution in [0.15, 0.2) is 27.7 Å². The van der Waals surface area contributed by atoms with Gasteiger partial charge in [-0.05, 0) is 30.4 Å². The van der Waals surface area contributed by atoms with Gasteiger partial charge in [0, 0.05) is 23.2 Å². The van der Waals surface area contributed by atoms with E-state index in [1.807, 2.05) is 12.2 Å². The van der Waals surface area contributed by atoms with Crippen LogP contribution in [0.3, 0.4) is 0 Å². The van der Waals surface area contributed by atoms with Gasteiger partial charge in [0.2, 0.25) is 6.35 Å². The van der Waals surface area contributed by atoms with E-state index in [0.29, 0.717) is 5.92 Å². The Labute approximate surface area is 93.5 Å². The van der Waals surface area contributed by atoms with Crippen LogP contribution in [0.4, 0.5) is 0 Å². The molecule has 3 nitrogen and oxygen atoms in total. The number of hydrogen-bond acceptors (Lipinski definition) is 3.